The van der Waals surface area contributed by atoms with Crippen LogP contribution in [0.5, 0.6) is 0 Å². The summed E-state index contributed by atoms with van der Waals surface area (Å²) in [5, 5.41) is 13.0. The van der Waals surface area contributed by atoms with Gasteiger partial charge in [-0.2, -0.15) is 0 Å². The zero-order valence-electron chi connectivity index (χ0n) is 21.6. The molecule has 0 aromatic heterocycles. The predicted octanol–water partition coefficient (Wildman–Crippen LogP) is 5.87. The number of hydrogen-bond donors (Lipinski definition) is 2. The van der Waals surface area contributed by atoms with Gasteiger partial charge < -0.3 is 15.2 Å². The van der Waals surface area contributed by atoms with E-state index in [9.17, 15) is 19.5 Å². The zero-order valence-corrected chi connectivity index (χ0v) is 21.6. The Morgan fingerprint density at radius 1 is 1.09 bits per heavy atom. The van der Waals surface area contributed by atoms with E-state index < -0.39 is 17.0 Å². The van der Waals surface area contributed by atoms with Crippen LogP contribution in [0.2, 0.25) is 0 Å². The van der Waals surface area contributed by atoms with Crippen molar-refractivity contribution in [2.24, 2.45) is 23.2 Å². The average Bonchev–Trinajstić information content (AvgIpc) is 3.20. The summed E-state index contributed by atoms with van der Waals surface area (Å²) in [6.07, 6.45) is 10.8. The highest BCUT2D eigenvalue weighted by Crippen LogP contribution is 2.45. The van der Waals surface area contributed by atoms with Crippen LogP contribution < -0.4 is 5.32 Å². The van der Waals surface area contributed by atoms with Crippen molar-refractivity contribution in [2.75, 3.05) is 0 Å². The first-order valence-electron chi connectivity index (χ1n) is 13.3. The minimum absolute atomic E-state index is 0.0265. The summed E-state index contributed by atoms with van der Waals surface area (Å²) in [6, 6.07) is 0.0265. The summed E-state index contributed by atoms with van der Waals surface area (Å²) >= 11 is 0. The lowest BCUT2D eigenvalue weighted by molar-refractivity contribution is -0.162. The maximum Gasteiger partial charge on any atom is 0.309 e. The number of carbonyl (C=O) groups excluding carboxylic acids is 2. The number of ether oxygens (including phenoxy) is 1. The molecule has 0 aliphatic heterocycles. The molecule has 0 saturated heterocycles. The van der Waals surface area contributed by atoms with Crippen LogP contribution in [0.1, 0.15) is 118 Å². The van der Waals surface area contributed by atoms with Gasteiger partial charge in [0.05, 0.1) is 17.3 Å². The summed E-state index contributed by atoms with van der Waals surface area (Å²) in [5.74, 6) is -1.27. The van der Waals surface area contributed by atoms with Gasteiger partial charge in [0.25, 0.3) is 0 Å². The van der Waals surface area contributed by atoms with Gasteiger partial charge in [0.2, 0.25) is 5.91 Å². The van der Waals surface area contributed by atoms with Gasteiger partial charge in [-0.05, 0) is 78.1 Å². The smallest absolute Gasteiger partial charge is 0.309 e. The second kappa shape index (κ2) is 12.2. The van der Waals surface area contributed by atoms with Crippen molar-refractivity contribution >= 4 is 17.8 Å². The summed E-state index contributed by atoms with van der Waals surface area (Å²) in [6.45, 7) is 9.84. The van der Waals surface area contributed by atoms with E-state index in [1.165, 1.54) is 0 Å². The summed E-state index contributed by atoms with van der Waals surface area (Å²) in [4.78, 5) is 38.3. The molecular weight excluding hydrogens is 418 g/mol. The fraction of sp³-hybridized carbons (Fsp3) is 0.889. The third-order valence-electron chi connectivity index (χ3n) is 7.62. The highest BCUT2D eigenvalue weighted by Gasteiger charge is 2.46. The maximum absolute atomic E-state index is 13.6. The number of carboxylic acid groups (broad SMARTS) is 1. The molecule has 2 saturated carbocycles. The molecule has 1 amide bonds. The van der Waals surface area contributed by atoms with E-state index in [1.54, 1.807) is 0 Å². The molecule has 4 atom stereocenters. The fourth-order valence-electron chi connectivity index (χ4n) is 5.93. The van der Waals surface area contributed by atoms with Crippen LogP contribution in [-0.4, -0.2) is 34.6 Å². The molecule has 2 aliphatic carbocycles. The molecule has 2 rings (SSSR count). The first-order chi connectivity index (χ1) is 15.5. The molecule has 6 nitrogen and oxygen atoms in total. The molecule has 0 aromatic rings. The highest BCUT2D eigenvalue weighted by molar-refractivity contribution is 5.84. The third-order valence-corrected chi connectivity index (χ3v) is 7.62. The van der Waals surface area contributed by atoms with Crippen molar-refractivity contribution in [3.05, 3.63) is 0 Å². The van der Waals surface area contributed by atoms with E-state index in [0.29, 0.717) is 19.3 Å². The minimum atomic E-state index is -0.701. The molecule has 6 heteroatoms. The molecule has 0 aromatic carbocycles. The number of hydrogen-bond acceptors (Lipinski definition) is 4. The Morgan fingerprint density at radius 3 is 2.30 bits per heavy atom. The Bertz CT molecular complexity index is 662. The van der Waals surface area contributed by atoms with Crippen LogP contribution in [0.15, 0.2) is 0 Å². The Labute approximate surface area is 200 Å². The molecule has 2 fully saturated rings. The first-order valence-corrected chi connectivity index (χ1v) is 13.3. The zero-order chi connectivity index (χ0) is 24.6. The predicted molar refractivity (Wildman–Crippen MR) is 130 cm³/mol. The van der Waals surface area contributed by atoms with Crippen LogP contribution in [0.4, 0.5) is 0 Å². The van der Waals surface area contributed by atoms with Gasteiger partial charge >= 0.3 is 11.9 Å². The average molecular weight is 466 g/mol. The lowest BCUT2D eigenvalue weighted by atomic mass is 9.73. The van der Waals surface area contributed by atoms with Crippen LogP contribution in [-0.2, 0) is 19.1 Å². The quantitative estimate of drug-likeness (QED) is 0.372. The van der Waals surface area contributed by atoms with E-state index in [0.717, 1.165) is 64.2 Å². The second-order valence-electron chi connectivity index (χ2n) is 11.5. The highest BCUT2D eigenvalue weighted by atomic mass is 16.6. The number of nitrogens with one attached hydrogen (secondary N) is 1. The van der Waals surface area contributed by atoms with Crippen LogP contribution >= 0.6 is 0 Å². The Hall–Kier alpha value is -1.59. The van der Waals surface area contributed by atoms with E-state index in [1.807, 2.05) is 20.8 Å². The number of rotatable bonds is 11. The number of amides is 1. The number of aliphatic carboxylic acids is 1. The Morgan fingerprint density at radius 2 is 1.76 bits per heavy atom. The summed E-state index contributed by atoms with van der Waals surface area (Å²) in [7, 11) is 0. The third kappa shape index (κ3) is 7.99. The number of esters is 1. The lowest BCUT2D eigenvalue weighted by Gasteiger charge is -2.38. The first kappa shape index (κ1) is 27.7. The van der Waals surface area contributed by atoms with Gasteiger partial charge in [0.15, 0.2) is 0 Å². The standard InChI is InChI=1S/C27H47NO5/c1-6-8-12-19-17-21(13-14-22(19)23(29)30)28-25(32)27(15-9-10-16-27)18-20(11-7-2)24(31)33-26(3,4)5/h19-22H,6-18H2,1-5H3,(H,28,32)(H,29,30). The normalized spacial score (nSPS) is 25.9. The summed E-state index contributed by atoms with van der Waals surface area (Å²) in [5.41, 5.74) is -1.05. The molecule has 0 bridgehead atoms. The van der Waals surface area contributed by atoms with Gasteiger partial charge in [-0.15, -0.1) is 0 Å². The van der Waals surface area contributed by atoms with Crippen molar-refractivity contribution in [2.45, 2.75) is 130 Å². The monoisotopic (exact) mass is 465 g/mol. The Kier molecular flexibility index (Phi) is 10.2. The van der Waals surface area contributed by atoms with Crippen molar-refractivity contribution in [3.8, 4) is 0 Å². The SMILES string of the molecule is CCCCC1CC(NC(=O)C2(CC(CCC)C(=O)OC(C)(C)C)CCCC2)CCC1C(=O)O. The van der Waals surface area contributed by atoms with Crippen molar-refractivity contribution < 1.29 is 24.2 Å². The molecule has 4 unspecified atom stereocenters. The minimum Gasteiger partial charge on any atom is -0.481 e. The van der Waals surface area contributed by atoms with Crippen molar-refractivity contribution in [3.63, 3.8) is 0 Å². The molecule has 2 N–H and O–H groups in total. The topological polar surface area (TPSA) is 92.7 Å². The van der Waals surface area contributed by atoms with Crippen molar-refractivity contribution in [1.29, 1.82) is 0 Å². The molecule has 2 aliphatic rings. The molecule has 190 valence electrons. The van der Waals surface area contributed by atoms with E-state index in [-0.39, 0.29) is 35.7 Å². The van der Waals surface area contributed by atoms with Gasteiger partial charge in [0.1, 0.15) is 5.60 Å². The van der Waals surface area contributed by atoms with Crippen LogP contribution in [0.25, 0.3) is 0 Å². The molecule has 33 heavy (non-hydrogen) atoms. The van der Waals surface area contributed by atoms with Crippen LogP contribution in [0.3, 0.4) is 0 Å². The number of unbranched alkanes of at least 4 members (excludes halogenated alkanes) is 1. The molecular formula is C27H47NO5. The lowest BCUT2D eigenvalue weighted by Crippen LogP contribution is -2.49. The maximum atomic E-state index is 13.6. The number of carbonyl (C=O) groups is 3. The second-order valence-corrected chi connectivity index (χ2v) is 11.5. The van der Waals surface area contributed by atoms with E-state index >= 15 is 0 Å². The summed E-state index contributed by atoms with van der Waals surface area (Å²) < 4.78 is 5.70. The molecule has 0 heterocycles. The van der Waals surface area contributed by atoms with E-state index in [2.05, 4.69) is 19.2 Å². The van der Waals surface area contributed by atoms with Gasteiger partial charge in [-0.1, -0.05) is 46.0 Å². The number of carboxylic acids is 1. The van der Waals surface area contributed by atoms with Crippen molar-refractivity contribution in [1.82, 2.24) is 5.32 Å². The van der Waals surface area contributed by atoms with E-state index in [4.69, 9.17) is 4.74 Å². The largest absolute Gasteiger partial charge is 0.481 e. The Balaban J connectivity index is 2.10. The fourth-order valence-corrected chi connectivity index (χ4v) is 5.93. The van der Waals surface area contributed by atoms with Gasteiger partial charge in [0, 0.05) is 6.04 Å². The molecule has 0 spiro atoms. The molecule has 0 radical (unpaired) electrons. The van der Waals surface area contributed by atoms with Gasteiger partial charge in [-0.3, -0.25) is 14.4 Å². The van der Waals surface area contributed by atoms with Crippen LogP contribution in [0, 0.1) is 23.2 Å². The van der Waals surface area contributed by atoms with Gasteiger partial charge in [-0.25, -0.2) is 0 Å².